The minimum atomic E-state index is -4.25. The molecule has 8 heteroatoms. The van der Waals surface area contributed by atoms with Gasteiger partial charge in [-0.3, -0.25) is 0 Å². The van der Waals surface area contributed by atoms with E-state index in [1.54, 1.807) is 0 Å². The molecule has 0 saturated heterocycles. The number of ether oxygens (including phenoxy) is 2. The van der Waals surface area contributed by atoms with Crippen molar-refractivity contribution in [3.63, 3.8) is 0 Å². The van der Waals surface area contributed by atoms with E-state index in [1.807, 2.05) is 13.8 Å². The number of nitrogens with one attached hydrogen (secondary N) is 1. The summed E-state index contributed by atoms with van der Waals surface area (Å²) < 4.78 is 46.6. The zero-order valence-electron chi connectivity index (χ0n) is 12.2. The molecule has 0 unspecified atom stereocenters. The summed E-state index contributed by atoms with van der Waals surface area (Å²) >= 11 is 0. The fraction of sp³-hybridized carbons (Fsp3) is 0.692. The highest BCUT2D eigenvalue weighted by Crippen LogP contribution is 2.20. The van der Waals surface area contributed by atoms with Crippen LogP contribution in [0.25, 0.3) is 0 Å². The van der Waals surface area contributed by atoms with E-state index < -0.39 is 19.2 Å². The maximum absolute atomic E-state index is 12.1. The van der Waals surface area contributed by atoms with Gasteiger partial charge in [0.1, 0.15) is 12.4 Å². The summed E-state index contributed by atoms with van der Waals surface area (Å²) in [7, 11) is 0. The average Bonchev–Trinajstić information content (AvgIpc) is 2.41. The molecule has 0 aliphatic rings. The van der Waals surface area contributed by atoms with Crippen molar-refractivity contribution in [2.45, 2.75) is 39.5 Å². The number of rotatable bonds is 9. The molecule has 120 valence electrons. The van der Waals surface area contributed by atoms with Gasteiger partial charge in [0.05, 0.1) is 13.0 Å². The van der Waals surface area contributed by atoms with Crippen LogP contribution >= 0.6 is 0 Å². The van der Waals surface area contributed by atoms with Crippen molar-refractivity contribution in [3.05, 3.63) is 11.9 Å². The largest absolute Gasteiger partial charge is 0.477 e. The number of halogens is 3. The van der Waals surface area contributed by atoms with E-state index >= 15 is 0 Å². The van der Waals surface area contributed by atoms with Crippen molar-refractivity contribution < 1.29 is 22.6 Å². The molecule has 0 aliphatic heterocycles. The van der Waals surface area contributed by atoms with Crippen molar-refractivity contribution in [1.82, 2.24) is 9.97 Å². The van der Waals surface area contributed by atoms with Crippen LogP contribution in [0.15, 0.2) is 6.07 Å². The third-order valence-corrected chi connectivity index (χ3v) is 2.38. The van der Waals surface area contributed by atoms with E-state index in [4.69, 9.17) is 9.47 Å². The fourth-order valence-electron chi connectivity index (χ4n) is 1.42. The molecule has 21 heavy (non-hydrogen) atoms. The Bertz CT molecular complexity index is 401. The molecule has 0 aliphatic carbocycles. The molecule has 0 fully saturated rings. The first-order valence-electron chi connectivity index (χ1n) is 6.83. The summed E-state index contributed by atoms with van der Waals surface area (Å²) in [5.41, 5.74) is 0. The van der Waals surface area contributed by atoms with Gasteiger partial charge in [0.15, 0.2) is 5.82 Å². The highest BCUT2D eigenvalue weighted by Gasteiger charge is 2.27. The lowest BCUT2D eigenvalue weighted by molar-refractivity contribution is -0.139. The van der Waals surface area contributed by atoms with Crippen molar-refractivity contribution in [2.24, 2.45) is 0 Å². The molecule has 0 bridgehead atoms. The smallest absolute Gasteiger partial charge is 0.392 e. The first kappa shape index (κ1) is 17.5. The second kappa shape index (κ2) is 8.66. The first-order chi connectivity index (χ1) is 9.94. The number of anilines is 1. The van der Waals surface area contributed by atoms with Gasteiger partial charge in [0.25, 0.3) is 0 Å². The normalized spacial score (nSPS) is 11.5. The molecule has 5 nitrogen and oxygen atoms in total. The lowest BCUT2D eigenvalue weighted by Gasteiger charge is -2.11. The van der Waals surface area contributed by atoms with Gasteiger partial charge in [0.2, 0.25) is 5.88 Å². The Kier molecular flexibility index (Phi) is 7.21. The molecule has 0 radical (unpaired) electrons. The number of aromatic nitrogens is 2. The highest BCUT2D eigenvalue weighted by molar-refractivity contribution is 5.38. The average molecular weight is 307 g/mol. The summed E-state index contributed by atoms with van der Waals surface area (Å²) in [6.07, 6.45) is -4.37. The minimum Gasteiger partial charge on any atom is -0.477 e. The van der Waals surface area contributed by atoms with Gasteiger partial charge < -0.3 is 14.8 Å². The van der Waals surface area contributed by atoms with Gasteiger partial charge >= 0.3 is 6.18 Å². The van der Waals surface area contributed by atoms with Crippen LogP contribution in [0, 0.1) is 0 Å². The highest BCUT2D eigenvalue weighted by atomic mass is 19.4. The van der Waals surface area contributed by atoms with E-state index in [-0.39, 0.29) is 12.5 Å². The minimum absolute atomic E-state index is 0.113. The molecule has 0 aromatic carbocycles. The van der Waals surface area contributed by atoms with Crippen LogP contribution in [0.3, 0.4) is 0 Å². The van der Waals surface area contributed by atoms with Crippen LogP contribution in [0.4, 0.5) is 19.0 Å². The molecular weight excluding hydrogens is 287 g/mol. The molecule has 0 amide bonds. The lowest BCUT2D eigenvalue weighted by Crippen LogP contribution is -2.14. The number of hydrogen-bond acceptors (Lipinski definition) is 5. The molecule has 1 heterocycles. The Morgan fingerprint density at radius 1 is 1.24 bits per heavy atom. The predicted molar refractivity (Wildman–Crippen MR) is 72.3 cm³/mol. The van der Waals surface area contributed by atoms with Crippen molar-refractivity contribution in [2.75, 3.05) is 25.1 Å². The van der Waals surface area contributed by atoms with Gasteiger partial charge in [-0.2, -0.15) is 18.2 Å². The summed E-state index contributed by atoms with van der Waals surface area (Å²) in [5.74, 6) is 1.01. The van der Waals surface area contributed by atoms with E-state index in [0.29, 0.717) is 24.8 Å². The number of nitrogens with zero attached hydrogens (tertiary/aromatic N) is 2. The Balaban J connectivity index is 2.70. The van der Waals surface area contributed by atoms with Gasteiger partial charge in [-0.05, 0) is 13.3 Å². The van der Waals surface area contributed by atoms with E-state index in [1.165, 1.54) is 6.07 Å². The van der Waals surface area contributed by atoms with Gasteiger partial charge in [-0.1, -0.05) is 6.92 Å². The second-order valence-corrected chi connectivity index (χ2v) is 4.29. The zero-order valence-corrected chi connectivity index (χ0v) is 12.2. The van der Waals surface area contributed by atoms with Crippen LogP contribution in [0.5, 0.6) is 5.88 Å². The van der Waals surface area contributed by atoms with Crippen molar-refractivity contribution >= 4 is 5.82 Å². The van der Waals surface area contributed by atoms with E-state index in [9.17, 15) is 13.2 Å². The predicted octanol–water partition coefficient (Wildman–Crippen LogP) is 3.17. The Labute approximate surface area is 121 Å². The Hall–Kier alpha value is -1.57. The van der Waals surface area contributed by atoms with Crippen molar-refractivity contribution in [3.8, 4) is 5.88 Å². The van der Waals surface area contributed by atoms with Gasteiger partial charge in [-0.15, -0.1) is 0 Å². The molecule has 0 atom stereocenters. The monoisotopic (exact) mass is 307 g/mol. The molecular formula is C13H20F3N3O2. The molecule has 1 N–H and O–H groups in total. The van der Waals surface area contributed by atoms with E-state index in [2.05, 4.69) is 15.3 Å². The van der Waals surface area contributed by atoms with Crippen LogP contribution < -0.4 is 10.1 Å². The number of alkyl halides is 3. The molecule has 0 spiro atoms. The van der Waals surface area contributed by atoms with Crippen LogP contribution in [-0.4, -0.2) is 35.9 Å². The van der Waals surface area contributed by atoms with Gasteiger partial charge in [0, 0.05) is 19.2 Å². The molecule has 1 aromatic heterocycles. The molecule has 1 rings (SSSR count). The van der Waals surface area contributed by atoms with Crippen molar-refractivity contribution in [1.29, 1.82) is 0 Å². The zero-order chi connectivity index (χ0) is 15.7. The Morgan fingerprint density at radius 2 is 2.00 bits per heavy atom. The Morgan fingerprint density at radius 3 is 2.62 bits per heavy atom. The maximum Gasteiger partial charge on any atom is 0.392 e. The summed E-state index contributed by atoms with van der Waals surface area (Å²) in [4.78, 5) is 8.25. The molecule has 0 saturated carbocycles. The maximum atomic E-state index is 12.1. The topological polar surface area (TPSA) is 56.3 Å². The standard InChI is InChI=1S/C13H20F3N3O2/c1-3-6-17-10-8-12(21-7-5-13(14,15)16)19-11(18-10)9-20-4-2/h8H,3-7,9H2,1-2H3,(H,17,18,19). The second-order valence-electron chi connectivity index (χ2n) is 4.29. The summed E-state index contributed by atoms with van der Waals surface area (Å²) in [6.45, 7) is 4.75. The molecule has 1 aromatic rings. The lowest BCUT2D eigenvalue weighted by atomic mass is 10.4. The quantitative estimate of drug-likeness (QED) is 0.759. The summed E-state index contributed by atoms with van der Waals surface area (Å²) in [5, 5.41) is 3.05. The number of hydrogen-bond donors (Lipinski definition) is 1. The van der Waals surface area contributed by atoms with E-state index in [0.717, 1.165) is 6.42 Å². The van der Waals surface area contributed by atoms with Gasteiger partial charge in [-0.25, -0.2) is 4.98 Å². The fourth-order valence-corrected chi connectivity index (χ4v) is 1.42. The third kappa shape index (κ3) is 7.69. The first-order valence-corrected chi connectivity index (χ1v) is 6.83. The summed E-state index contributed by atoms with van der Waals surface area (Å²) in [6, 6.07) is 1.49. The van der Waals surface area contributed by atoms with Crippen LogP contribution in [0.2, 0.25) is 0 Å². The SMILES string of the molecule is CCCNc1cc(OCCC(F)(F)F)nc(COCC)n1. The van der Waals surface area contributed by atoms with Crippen LogP contribution in [0.1, 0.15) is 32.5 Å². The third-order valence-electron chi connectivity index (χ3n) is 2.38. The van der Waals surface area contributed by atoms with Crippen LogP contribution in [-0.2, 0) is 11.3 Å².